The first kappa shape index (κ1) is 26.7. The predicted molar refractivity (Wildman–Crippen MR) is 160 cm³/mol. The minimum Gasteiger partial charge on any atom is -0.480 e. The number of rotatable bonds is 11. The lowest BCUT2D eigenvalue weighted by molar-refractivity contribution is -0.137. The normalized spacial score (nSPS) is 11.3. The largest absolute Gasteiger partial charge is 0.480 e. The molecule has 0 aliphatic carbocycles. The summed E-state index contributed by atoms with van der Waals surface area (Å²) in [7, 11) is 0. The predicted octanol–water partition coefficient (Wildman–Crippen LogP) is 7.10. The first-order valence-corrected chi connectivity index (χ1v) is 13.5. The topological polar surface area (TPSA) is 62.5 Å². The summed E-state index contributed by atoms with van der Waals surface area (Å²) in [5.74, 6) is -0.714. The van der Waals surface area contributed by atoms with Crippen LogP contribution >= 0.6 is 0 Å². The smallest absolute Gasteiger partial charge is 0.323 e. The van der Waals surface area contributed by atoms with Gasteiger partial charge in [0.1, 0.15) is 6.54 Å². The van der Waals surface area contributed by atoms with E-state index in [0.29, 0.717) is 18.7 Å². The van der Waals surface area contributed by atoms with Gasteiger partial charge >= 0.3 is 5.97 Å². The number of amides is 1. The van der Waals surface area contributed by atoms with Crippen molar-refractivity contribution >= 4 is 28.9 Å². The number of aromatic nitrogens is 1. The van der Waals surface area contributed by atoms with Gasteiger partial charge in [-0.1, -0.05) is 103 Å². The van der Waals surface area contributed by atoms with Gasteiger partial charge in [-0.05, 0) is 47.4 Å². The van der Waals surface area contributed by atoms with E-state index in [1.165, 1.54) is 11.1 Å². The highest BCUT2D eigenvalue weighted by Crippen LogP contribution is 2.28. The maximum atomic E-state index is 13.6. The summed E-state index contributed by atoms with van der Waals surface area (Å²) in [6.45, 7) is 0.960. The van der Waals surface area contributed by atoms with Crippen LogP contribution in [0.4, 0.5) is 0 Å². The number of fused-ring (bicyclic) bond motifs is 1. The van der Waals surface area contributed by atoms with Crippen LogP contribution in [0.5, 0.6) is 0 Å². The zero-order valence-electron chi connectivity index (χ0n) is 22.3. The van der Waals surface area contributed by atoms with Crippen LogP contribution in [-0.4, -0.2) is 39.5 Å². The maximum Gasteiger partial charge on any atom is 0.323 e. The van der Waals surface area contributed by atoms with Crippen molar-refractivity contribution in [2.24, 2.45) is 0 Å². The molecule has 0 aliphatic heterocycles. The lowest BCUT2D eigenvalue weighted by atomic mass is 9.88. The molecular formula is C35H32N2O3. The van der Waals surface area contributed by atoms with Crippen LogP contribution in [0.25, 0.3) is 17.0 Å². The van der Waals surface area contributed by atoms with E-state index in [1.807, 2.05) is 83.8 Å². The van der Waals surface area contributed by atoms with E-state index in [2.05, 4.69) is 48.5 Å². The fourth-order valence-electron chi connectivity index (χ4n) is 5.20. The van der Waals surface area contributed by atoms with E-state index in [1.54, 1.807) is 10.8 Å². The third-order valence-electron chi connectivity index (χ3n) is 7.18. The number of aliphatic carboxylic acids is 1. The first-order chi connectivity index (χ1) is 19.6. The molecule has 1 aromatic heterocycles. The standard InChI is InChI=1S/C35H32N2O3/c38-34(39)26-37-25-22-32-29(18-10-20-33(32)37)19-11-23-36(35(40)30-16-8-3-9-17-30)24-21-31(27-12-4-1-5-13-27)28-14-6-2-7-15-28/h1-20,22,25,31H,21,23-24,26H2,(H,38,39). The quantitative estimate of drug-likeness (QED) is 0.199. The highest BCUT2D eigenvalue weighted by molar-refractivity contribution is 5.94. The van der Waals surface area contributed by atoms with Crippen molar-refractivity contribution in [3.05, 3.63) is 150 Å². The third-order valence-corrected chi connectivity index (χ3v) is 7.18. The molecule has 200 valence electrons. The molecule has 0 spiro atoms. The average molecular weight is 529 g/mol. The molecule has 0 atom stereocenters. The Balaban J connectivity index is 1.39. The van der Waals surface area contributed by atoms with Gasteiger partial charge < -0.3 is 14.6 Å². The van der Waals surface area contributed by atoms with E-state index in [0.717, 1.165) is 22.9 Å². The van der Waals surface area contributed by atoms with Gasteiger partial charge in [0.2, 0.25) is 0 Å². The highest BCUT2D eigenvalue weighted by Gasteiger charge is 2.19. The summed E-state index contributed by atoms with van der Waals surface area (Å²) < 4.78 is 1.73. The number of benzene rings is 4. The molecule has 0 unspecified atom stereocenters. The lowest BCUT2D eigenvalue weighted by Crippen LogP contribution is -2.33. The fourth-order valence-corrected chi connectivity index (χ4v) is 5.20. The van der Waals surface area contributed by atoms with Gasteiger partial charge in [-0.15, -0.1) is 0 Å². The molecule has 0 saturated carbocycles. The molecule has 0 saturated heterocycles. The molecule has 1 heterocycles. The Labute approximate surface area is 234 Å². The summed E-state index contributed by atoms with van der Waals surface area (Å²) in [4.78, 5) is 26.8. The molecular weight excluding hydrogens is 496 g/mol. The number of carboxylic acid groups (broad SMARTS) is 1. The van der Waals surface area contributed by atoms with Crippen molar-refractivity contribution in [1.82, 2.24) is 9.47 Å². The van der Waals surface area contributed by atoms with Gasteiger partial charge in [0, 0.05) is 41.7 Å². The molecule has 0 aliphatic rings. The van der Waals surface area contributed by atoms with Crippen molar-refractivity contribution in [2.75, 3.05) is 13.1 Å². The fraction of sp³-hybridized carbons (Fsp3) is 0.143. The van der Waals surface area contributed by atoms with E-state index in [-0.39, 0.29) is 18.4 Å². The Bertz CT molecular complexity index is 1550. The summed E-state index contributed by atoms with van der Waals surface area (Å²) in [5, 5.41) is 10.2. The number of nitrogens with zero attached hydrogens (tertiary/aromatic N) is 2. The van der Waals surface area contributed by atoms with E-state index in [9.17, 15) is 14.7 Å². The van der Waals surface area contributed by atoms with Crippen LogP contribution in [0.3, 0.4) is 0 Å². The molecule has 0 bridgehead atoms. The van der Waals surface area contributed by atoms with Crippen LogP contribution < -0.4 is 0 Å². The Kier molecular flexibility index (Phi) is 8.52. The second kappa shape index (κ2) is 12.8. The molecule has 1 N–H and O–H groups in total. The molecule has 0 fully saturated rings. The first-order valence-electron chi connectivity index (χ1n) is 13.5. The molecule has 0 radical (unpaired) electrons. The molecule has 5 heteroatoms. The van der Waals surface area contributed by atoms with E-state index in [4.69, 9.17) is 0 Å². The van der Waals surface area contributed by atoms with Crippen molar-refractivity contribution in [3.8, 4) is 0 Å². The van der Waals surface area contributed by atoms with Crippen LogP contribution in [0.15, 0.2) is 128 Å². The molecule has 5 rings (SSSR count). The van der Waals surface area contributed by atoms with Crippen LogP contribution in [-0.2, 0) is 11.3 Å². The molecule has 1 amide bonds. The molecule has 40 heavy (non-hydrogen) atoms. The maximum absolute atomic E-state index is 13.6. The molecule has 5 nitrogen and oxygen atoms in total. The molecule has 4 aromatic carbocycles. The Hall–Kier alpha value is -4.90. The van der Waals surface area contributed by atoms with Gasteiger partial charge in [-0.25, -0.2) is 0 Å². The van der Waals surface area contributed by atoms with E-state index < -0.39 is 5.97 Å². The van der Waals surface area contributed by atoms with Gasteiger partial charge in [-0.3, -0.25) is 9.59 Å². The highest BCUT2D eigenvalue weighted by atomic mass is 16.4. The second-order valence-electron chi connectivity index (χ2n) is 9.80. The minimum absolute atomic E-state index is 0.00376. The second-order valence-corrected chi connectivity index (χ2v) is 9.80. The average Bonchev–Trinajstić information content (AvgIpc) is 3.40. The van der Waals surface area contributed by atoms with Gasteiger partial charge in [0.05, 0.1) is 0 Å². The number of hydrogen-bond acceptors (Lipinski definition) is 2. The zero-order chi connectivity index (χ0) is 27.7. The summed E-state index contributed by atoms with van der Waals surface area (Å²) >= 11 is 0. The van der Waals surface area contributed by atoms with E-state index >= 15 is 0 Å². The summed E-state index contributed by atoms with van der Waals surface area (Å²) in [5.41, 5.74) is 4.98. The Morgan fingerprint density at radius 2 is 1.40 bits per heavy atom. The van der Waals surface area contributed by atoms with Gasteiger partial charge in [-0.2, -0.15) is 0 Å². The van der Waals surface area contributed by atoms with Gasteiger partial charge in [0.25, 0.3) is 5.91 Å². The zero-order valence-corrected chi connectivity index (χ0v) is 22.3. The lowest BCUT2D eigenvalue weighted by Gasteiger charge is -2.25. The minimum atomic E-state index is -0.877. The molecule has 5 aromatic rings. The van der Waals surface area contributed by atoms with Crippen molar-refractivity contribution in [3.63, 3.8) is 0 Å². The van der Waals surface area contributed by atoms with Gasteiger partial charge in [0.15, 0.2) is 0 Å². The van der Waals surface area contributed by atoms with Crippen LogP contribution in [0.2, 0.25) is 0 Å². The van der Waals surface area contributed by atoms with Crippen LogP contribution in [0.1, 0.15) is 39.4 Å². The third kappa shape index (κ3) is 6.38. The van der Waals surface area contributed by atoms with Crippen molar-refractivity contribution in [1.29, 1.82) is 0 Å². The Morgan fingerprint density at radius 3 is 2.02 bits per heavy atom. The van der Waals surface area contributed by atoms with Crippen LogP contribution in [0, 0.1) is 0 Å². The number of hydrogen-bond donors (Lipinski definition) is 1. The summed E-state index contributed by atoms with van der Waals surface area (Å²) in [6.07, 6.45) is 6.62. The monoisotopic (exact) mass is 528 g/mol. The number of carbonyl (C=O) groups excluding carboxylic acids is 1. The number of carboxylic acids is 1. The number of carbonyl (C=O) groups is 2. The Morgan fingerprint density at radius 1 is 0.775 bits per heavy atom. The van der Waals surface area contributed by atoms with Crippen molar-refractivity contribution < 1.29 is 14.7 Å². The SMILES string of the molecule is O=C(O)Cn1ccc2c(C=CCN(CCC(c3ccccc3)c3ccccc3)C(=O)c3ccccc3)cccc21. The summed E-state index contributed by atoms with van der Waals surface area (Å²) in [6, 6.07) is 38.1. The van der Waals surface area contributed by atoms with Crippen molar-refractivity contribution in [2.45, 2.75) is 18.9 Å².